The van der Waals surface area contributed by atoms with Gasteiger partial charge in [0.05, 0.1) is 6.42 Å². The van der Waals surface area contributed by atoms with Crippen molar-refractivity contribution >= 4 is 18.0 Å². The fourth-order valence-corrected chi connectivity index (χ4v) is 2.30. The molecule has 0 aromatic carbocycles. The highest BCUT2D eigenvalue weighted by atomic mass is 16.4. The maximum Gasteiger partial charge on any atom is 0.326 e. The van der Waals surface area contributed by atoms with E-state index in [0.29, 0.717) is 0 Å². The highest BCUT2D eigenvalue weighted by Crippen LogP contribution is 2.34. The minimum atomic E-state index is -1.41. The second-order valence-electron chi connectivity index (χ2n) is 6.04. The topological polar surface area (TPSA) is 116 Å². The fraction of sp³-hybridized carbons (Fsp3) is 0.769. The Morgan fingerprint density at radius 1 is 1.20 bits per heavy atom. The van der Waals surface area contributed by atoms with Gasteiger partial charge in [-0.1, -0.05) is 13.8 Å². The van der Waals surface area contributed by atoms with Gasteiger partial charge in [-0.15, -0.1) is 0 Å². The zero-order chi connectivity index (χ0) is 15.3. The molecular formula is C13H22N2O5. The lowest BCUT2D eigenvalue weighted by Crippen LogP contribution is -2.50. The first kappa shape index (κ1) is 16.3. The van der Waals surface area contributed by atoms with Gasteiger partial charge in [0.1, 0.15) is 6.04 Å². The molecule has 1 aliphatic carbocycles. The van der Waals surface area contributed by atoms with Crippen LogP contribution in [0, 0.1) is 5.41 Å². The van der Waals surface area contributed by atoms with Gasteiger partial charge in [-0.2, -0.15) is 0 Å². The van der Waals surface area contributed by atoms with Crippen LogP contribution < -0.4 is 10.6 Å². The average Bonchev–Trinajstić information content (AvgIpc) is 2.30. The van der Waals surface area contributed by atoms with E-state index in [0.717, 1.165) is 25.7 Å². The van der Waals surface area contributed by atoms with Crippen LogP contribution in [-0.2, 0) is 9.59 Å². The molecule has 20 heavy (non-hydrogen) atoms. The van der Waals surface area contributed by atoms with E-state index in [-0.39, 0.29) is 11.5 Å². The van der Waals surface area contributed by atoms with Crippen LogP contribution in [0.1, 0.15) is 46.0 Å². The molecule has 114 valence electrons. The van der Waals surface area contributed by atoms with Crippen molar-refractivity contribution in [3.63, 3.8) is 0 Å². The number of aliphatic carboxylic acids is 2. The third-order valence-electron chi connectivity index (χ3n) is 3.66. The summed E-state index contributed by atoms with van der Waals surface area (Å²) in [5.41, 5.74) is 0.279. The lowest BCUT2D eigenvalue weighted by Gasteiger charge is -2.34. The van der Waals surface area contributed by atoms with Crippen LogP contribution in [0.15, 0.2) is 0 Å². The Morgan fingerprint density at radius 3 is 2.20 bits per heavy atom. The van der Waals surface area contributed by atoms with Crippen LogP contribution in [-0.4, -0.2) is 40.3 Å². The summed E-state index contributed by atoms with van der Waals surface area (Å²) in [7, 11) is 0. The number of rotatable bonds is 5. The van der Waals surface area contributed by atoms with Gasteiger partial charge in [0.25, 0.3) is 0 Å². The zero-order valence-corrected chi connectivity index (χ0v) is 11.8. The molecule has 0 radical (unpaired) electrons. The Morgan fingerprint density at radius 2 is 1.75 bits per heavy atom. The summed E-state index contributed by atoms with van der Waals surface area (Å²) in [6.07, 6.45) is 3.04. The summed E-state index contributed by atoms with van der Waals surface area (Å²) in [6.45, 7) is 4.35. The molecule has 0 heterocycles. The number of hydrogen-bond donors (Lipinski definition) is 4. The molecule has 0 bridgehead atoms. The summed E-state index contributed by atoms with van der Waals surface area (Å²) in [6, 6.07) is -2.02. The Hall–Kier alpha value is -1.79. The number of carbonyl (C=O) groups is 3. The van der Waals surface area contributed by atoms with Crippen molar-refractivity contribution in [2.45, 2.75) is 58.0 Å². The highest BCUT2D eigenvalue weighted by Gasteiger charge is 2.29. The third-order valence-corrected chi connectivity index (χ3v) is 3.66. The first-order valence-electron chi connectivity index (χ1n) is 6.71. The lowest BCUT2D eigenvalue weighted by molar-refractivity contribution is -0.145. The molecule has 1 atom stereocenters. The van der Waals surface area contributed by atoms with Gasteiger partial charge in [0.15, 0.2) is 0 Å². The Labute approximate surface area is 117 Å². The lowest BCUT2D eigenvalue weighted by atomic mass is 9.76. The molecule has 7 nitrogen and oxygen atoms in total. The molecule has 1 fully saturated rings. The van der Waals surface area contributed by atoms with Gasteiger partial charge in [-0.3, -0.25) is 4.79 Å². The first-order chi connectivity index (χ1) is 9.19. The number of carboxylic acid groups (broad SMARTS) is 2. The van der Waals surface area contributed by atoms with Crippen LogP contribution in [0.2, 0.25) is 0 Å². The molecule has 1 saturated carbocycles. The van der Waals surface area contributed by atoms with Crippen molar-refractivity contribution in [3.8, 4) is 0 Å². The smallest absolute Gasteiger partial charge is 0.326 e. The van der Waals surface area contributed by atoms with Crippen molar-refractivity contribution in [2.24, 2.45) is 5.41 Å². The normalized spacial score (nSPS) is 19.9. The van der Waals surface area contributed by atoms with Crippen molar-refractivity contribution in [3.05, 3.63) is 0 Å². The molecule has 0 aromatic rings. The predicted octanol–water partition coefficient (Wildman–Crippen LogP) is 1.18. The van der Waals surface area contributed by atoms with E-state index in [9.17, 15) is 14.4 Å². The number of hydrogen-bond acceptors (Lipinski definition) is 3. The summed E-state index contributed by atoms with van der Waals surface area (Å²) < 4.78 is 0. The van der Waals surface area contributed by atoms with E-state index < -0.39 is 30.4 Å². The van der Waals surface area contributed by atoms with Crippen molar-refractivity contribution < 1.29 is 24.6 Å². The van der Waals surface area contributed by atoms with Crippen LogP contribution in [0.25, 0.3) is 0 Å². The number of carbonyl (C=O) groups excluding carboxylic acids is 1. The molecule has 0 spiro atoms. The summed E-state index contributed by atoms with van der Waals surface area (Å²) in [4.78, 5) is 33.1. The molecule has 0 unspecified atom stereocenters. The van der Waals surface area contributed by atoms with E-state index >= 15 is 0 Å². The van der Waals surface area contributed by atoms with E-state index in [1.165, 1.54) is 0 Å². The van der Waals surface area contributed by atoms with E-state index in [1.54, 1.807) is 0 Å². The number of carboxylic acids is 2. The molecule has 2 amide bonds. The van der Waals surface area contributed by atoms with Crippen LogP contribution in [0.4, 0.5) is 4.79 Å². The monoisotopic (exact) mass is 286 g/mol. The first-order valence-corrected chi connectivity index (χ1v) is 6.71. The molecule has 1 aliphatic rings. The summed E-state index contributed by atoms with van der Waals surface area (Å²) in [5.74, 6) is -2.62. The second-order valence-corrected chi connectivity index (χ2v) is 6.04. The van der Waals surface area contributed by atoms with Gasteiger partial charge in [-0.25, -0.2) is 9.59 Å². The van der Waals surface area contributed by atoms with E-state index in [2.05, 4.69) is 24.5 Å². The highest BCUT2D eigenvalue weighted by molar-refractivity contribution is 5.86. The SMILES string of the molecule is CC1(C)CCC(NC(=O)N[C@H](CC(=O)O)C(=O)O)CC1. The standard InChI is InChI=1S/C13H22N2O5/c1-13(2)5-3-8(4-6-13)14-12(20)15-9(11(18)19)7-10(16)17/h8-9H,3-7H2,1-2H3,(H,16,17)(H,18,19)(H2,14,15,20)/t9-/m1/s1. The van der Waals surface area contributed by atoms with Gasteiger partial charge >= 0.3 is 18.0 Å². The van der Waals surface area contributed by atoms with Crippen LogP contribution in [0.5, 0.6) is 0 Å². The van der Waals surface area contributed by atoms with Crippen molar-refractivity contribution in [1.29, 1.82) is 0 Å². The average molecular weight is 286 g/mol. The Balaban J connectivity index is 2.42. The maximum absolute atomic E-state index is 11.7. The van der Waals surface area contributed by atoms with Crippen molar-refractivity contribution in [2.75, 3.05) is 0 Å². The predicted molar refractivity (Wildman–Crippen MR) is 71.4 cm³/mol. The Bertz CT molecular complexity index is 384. The quantitative estimate of drug-likeness (QED) is 0.605. The molecule has 0 aromatic heterocycles. The number of urea groups is 1. The largest absolute Gasteiger partial charge is 0.481 e. The zero-order valence-electron chi connectivity index (χ0n) is 11.8. The summed E-state index contributed by atoms with van der Waals surface area (Å²) in [5, 5.41) is 22.3. The van der Waals surface area contributed by atoms with Crippen LogP contribution >= 0.6 is 0 Å². The molecule has 0 aliphatic heterocycles. The number of nitrogens with one attached hydrogen (secondary N) is 2. The molecular weight excluding hydrogens is 264 g/mol. The van der Waals surface area contributed by atoms with E-state index in [4.69, 9.17) is 10.2 Å². The molecule has 1 rings (SSSR count). The molecule has 0 saturated heterocycles. The van der Waals surface area contributed by atoms with E-state index in [1.807, 2.05) is 0 Å². The second kappa shape index (κ2) is 6.58. The third kappa shape index (κ3) is 5.46. The fourth-order valence-electron chi connectivity index (χ4n) is 2.30. The number of amides is 2. The molecule has 4 N–H and O–H groups in total. The minimum absolute atomic E-state index is 0.0160. The van der Waals surface area contributed by atoms with Gasteiger partial charge in [0, 0.05) is 6.04 Å². The minimum Gasteiger partial charge on any atom is -0.481 e. The van der Waals surface area contributed by atoms with Crippen LogP contribution in [0.3, 0.4) is 0 Å². The molecule has 7 heteroatoms. The maximum atomic E-state index is 11.7. The Kier molecular flexibility index (Phi) is 5.35. The summed E-state index contributed by atoms with van der Waals surface area (Å²) >= 11 is 0. The van der Waals surface area contributed by atoms with Gasteiger partial charge < -0.3 is 20.8 Å². The van der Waals surface area contributed by atoms with Crippen molar-refractivity contribution in [1.82, 2.24) is 10.6 Å². The van der Waals surface area contributed by atoms with Gasteiger partial charge in [0.2, 0.25) is 0 Å². The van der Waals surface area contributed by atoms with Gasteiger partial charge in [-0.05, 0) is 31.1 Å².